The van der Waals surface area contributed by atoms with Gasteiger partial charge in [0.2, 0.25) is 0 Å². The van der Waals surface area contributed by atoms with Gasteiger partial charge in [-0.2, -0.15) is 0 Å². The Labute approximate surface area is 186 Å². The molecule has 1 fully saturated rings. The highest BCUT2D eigenvalue weighted by molar-refractivity contribution is 8.18. The van der Waals surface area contributed by atoms with Crippen LogP contribution >= 0.6 is 11.8 Å². The number of nitro benzene ring substituents is 1. The molecule has 1 aliphatic heterocycles. The normalized spacial score (nSPS) is 15.8. The SMILES string of the molecule is COc1ccc(N=C2NC(=O)/C(=C/c3ccc(-c4cc([N+](=O)[O-])ccc4OC)o3)S2)cc1. The van der Waals surface area contributed by atoms with Gasteiger partial charge >= 0.3 is 0 Å². The minimum absolute atomic E-state index is 0.0813. The van der Waals surface area contributed by atoms with Gasteiger partial charge in [-0.15, -0.1) is 0 Å². The molecule has 0 unspecified atom stereocenters. The number of furan rings is 1. The zero-order valence-corrected chi connectivity index (χ0v) is 17.8. The van der Waals surface area contributed by atoms with Crippen molar-refractivity contribution in [3.63, 3.8) is 0 Å². The molecule has 10 heteroatoms. The van der Waals surface area contributed by atoms with Crippen LogP contribution in [0.4, 0.5) is 11.4 Å². The Morgan fingerprint density at radius 3 is 2.56 bits per heavy atom. The van der Waals surface area contributed by atoms with Gasteiger partial charge in [-0.1, -0.05) is 0 Å². The van der Waals surface area contributed by atoms with Gasteiger partial charge in [-0.05, 0) is 54.2 Å². The Balaban J connectivity index is 1.57. The fraction of sp³-hybridized carbons (Fsp3) is 0.0909. The molecule has 9 nitrogen and oxygen atoms in total. The van der Waals surface area contributed by atoms with E-state index in [2.05, 4.69) is 10.3 Å². The number of aliphatic imine (C=N–C) groups is 1. The highest BCUT2D eigenvalue weighted by atomic mass is 32.2. The molecular formula is C22H17N3O6S. The Morgan fingerprint density at radius 1 is 1.09 bits per heavy atom. The molecule has 0 bridgehead atoms. The van der Waals surface area contributed by atoms with Crippen LogP contribution in [0.25, 0.3) is 17.4 Å². The van der Waals surface area contributed by atoms with E-state index >= 15 is 0 Å². The fourth-order valence-electron chi connectivity index (χ4n) is 2.96. The highest BCUT2D eigenvalue weighted by Crippen LogP contribution is 2.35. The maximum atomic E-state index is 12.3. The third-order valence-corrected chi connectivity index (χ3v) is 5.42. The monoisotopic (exact) mass is 451 g/mol. The summed E-state index contributed by atoms with van der Waals surface area (Å²) in [5.74, 6) is 1.65. The lowest BCUT2D eigenvalue weighted by atomic mass is 10.1. The second kappa shape index (κ2) is 8.98. The molecule has 1 aromatic heterocycles. The van der Waals surface area contributed by atoms with Crippen LogP contribution in [0, 0.1) is 10.1 Å². The maximum Gasteiger partial charge on any atom is 0.270 e. The molecule has 3 aromatic rings. The predicted molar refractivity (Wildman–Crippen MR) is 121 cm³/mol. The van der Waals surface area contributed by atoms with E-state index in [1.54, 1.807) is 49.6 Å². The molecule has 2 aromatic carbocycles. The van der Waals surface area contributed by atoms with Gasteiger partial charge < -0.3 is 19.2 Å². The largest absolute Gasteiger partial charge is 0.497 e. The number of ether oxygens (including phenoxy) is 2. The zero-order chi connectivity index (χ0) is 22.7. The van der Waals surface area contributed by atoms with Crippen LogP contribution in [0.15, 0.2) is 68.9 Å². The minimum Gasteiger partial charge on any atom is -0.497 e. The van der Waals surface area contributed by atoms with Gasteiger partial charge in [0.1, 0.15) is 23.0 Å². The lowest BCUT2D eigenvalue weighted by Crippen LogP contribution is -2.19. The first-order valence-electron chi connectivity index (χ1n) is 9.33. The van der Waals surface area contributed by atoms with Gasteiger partial charge in [0, 0.05) is 18.2 Å². The van der Waals surface area contributed by atoms with E-state index in [-0.39, 0.29) is 11.6 Å². The summed E-state index contributed by atoms with van der Waals surface area (Å²) < 4.78 is 16.2. The van der Waals surface area contributed by atoms with Crippen LogP contribution in [-0.2, 0) is 4.79 Å². The van der Waals surface area contributed by atoms with E-state index in [1.807, 2.05) is 0 Å². The lowest BCUT2D eigenvalue weighted by Gasteiger charge is -2.05. The Morgan fingerprint density at radius 2 is 1.88 bits per heavy atom. The summed E-state index contributed by atoms with van der Waals surface area (Å²) in [6.45, 7) is 0. The van der Waals surface area contributed by atoms with Crippen LogP contribution in [0.5, 0.6) is 11.5 Å². The average Bonchev–Trinajstić information content (AvgIpc) is 3.40. The van der Waals surface area contributed by atoms with E-state index < -0.39 is 4.92 Å². The quantitative estimate of drug-likeness (QED) is 0.326. The molecular weight excluding hydrogens is 434 g/mol. The molecule has 0 saturated carbocycles. The number of nitrogens with zero attached hydrogens (tertiary/aromatic N) is 2. The van der Waals surface area contributed by atoms with E-state index in [4.69, 9.17) is 13.9 Å². The number of carbonyl (C=O) groups excluding carboxylic acids is 1. The van der Waals surface area contributed by atoms with Crippen molar-refractivity contribution in [3.8, 4) is 22.8 Å². The third kappa shape index (κ3) is 4.49. The van der Waals surface area contributed by atoms with Crippen LogP contribution in [0.1, 0.15) is 5.76 Å². The van der Waals surface area contributed by atoms with Gasteiger partial charge in [-0.25, -0.2) is 4.99 Å². The first kappa shape index (κ1) is 21.2. The molecule has 1 amide bonds. The van der Waals surface area contributed by atoms with Gasteiger partial charge in [0.15, 0.2) is 5.17 Å². The fourth-order valence-corrected chi connectivity index (χ4v) is 3.78. The molecule has 0 aliphatic carbocycles. The first-order chi connectivity index (χ1) is 15.5. The van der Waals surface area contributed by atoms with Gasteiger partial charge in [0.05, 0.1) is 35.3 Å². The highest BCUT2D eigenvalue weighted by Gasteiger charge is 2.24. The second-order valence-corrected chi connectivity index (χ2v) is 7.55. The van der Waals surface area contributed by atoms with Crippen molar-refractivity contribution in [2.24, 2.45) is 4.99 Å². The summed E-state index contributed by atoms with van der Waals surface area (Å²) in [7, 11) is 3.06. The number of hydrogen-bond acceptors (Lipinski definition) is 8. The molecule has 1 N–H and O–H groups in total. The summed E-state index contributed by atoms with van der Waals surface area (Å²) in [6.07, 6.45) is 1.59. The molecule has 2 heterocycles. The van der Waals surface area contributed by atoms with Crippen molar-refractivity contribution in [3.05, 3.63) is 75.4 Å². The zero-order valence-electron chi connectivity index (χ0n) is 17.0. The summed E-state index contributed by atoms with van der Waals surface area (Å²) in [5, 5.41) is 14.3. The smallest absolute Gasteiger partial charge is 0.270 e. The number of carbonyl (C=O) groups is 1. The summed E-state index contributed by atoms with van der Waals surface area (Å²) in [4.78, 5) is 27.8. The minimum atomic E-state index is -0.488. The number of thioether (sulfide) groups is 1. The van der Waals surface area contributed by atoms with Crippen LogP contribution in [-0.4, -0.2) is 30.2 Å². The first-order valence-corrected chi connectivity index (χ1v) is 10.1. The van der Waals surface area contributed by atoms with Crippen LogP contribution in [0.2, 0.25) is 0 Å². The number of rotatable bonds is 6. The van der Waals surface area contributed by atoms with E-state index in [1.165, 1.54) is 37.1 Å². The number of amidine groups is 1. The lowest BCUT2D eigenvalue weighted by molar-refractivity contribution is -0.384. The van der Waals surface area contributed by atoms with Gasteiger partial charge in [0.25, 0.3) is 11.6 Å². The molecule has 4 rings (SSSR count). The molecule has 0 spiro atoms. The number of non-ortho nitro benzene ring substituents is 1. The number of nitro groups is 1. The maximum absolute atomic E-state index is 12.3. The van der Waals surface area contributed by atoms with Crippen LogP contribution in [0.3, 0.4) is 0 Å². The number of amides is 1. The van der Waals surface area contributed by atoms with E-state index in [0.29, 0.717) is 44.3 Å². The number of hydrogen-bond donors (Lipinski definition) is 1. The summed E-state index contributed by atoms with van der Waals surface area (Å²) in [5.41, 5.74) is 1.03. The molecule has 1 aliphatic rings. The molecule has 0 atom stereocenters. The number of methoxy groups -OCH3 is 2. The predicted octanol–water partition coefficient (Wildman–Crippen LogP) is 4.76. The number of nitrogens with one attached hydrogen (secondary N) is 1. The van der Waals surface area contributed by atoms with Gasteiger partial charge in [-0.3, -0.25) is 14.9 Å². The Hall–Kier alpha value is -4.05. The van der Waals surface area contributed by atoms with Crippen molar-refractivity contribution < 1.29 is 23.6 Å². The summed E-state index contributed by atoms with van der Waals surface area (Å²) in [6, 6.07) is 14.7. The van der Waals surface area contributed by atoms with Crippen molar-refractivity contribution in [1.82, 2.24) is 5.32 Å². The molecule has 0 radical (unpaired) electrons. The molecule has 1 saturated heterocycles. The Kier molecular flexibility index (Phi) is 5.95. The van der Waals surface area contributed by atoms with E-state index in [9.17, 15) is 14.9 Å². The van der Waals surface area contributed by atoms with Crippen molar-refractivity contribution in [2.45, 2.75) is 0 Å². The number of benzene rings is 2. The van der Waals surface area contributed by atoms with Crippen LogP contribution < -0.4 is 14.8 Å². The van der Waals surface area contributed by atoms with Crippen molar-refractivity contribution in [2.75, 3.05) is 14.2 Å². The second-order valence-electron chi connectivity index (χ2n) is 6.52. The topological polar surface area (TPSA) is 116 Å². The van der Waals surface area contributed by atoms with Crippen molar-refractivity contribution in [1.29, 1.82) is 0 Å². The Bertz CT molecular complexity index is 1250. The van der Waals surface area contributed by atoms with E-state index in [0.717, 1.165) is 0 Å². The molecule has 162 valence electrons. The third-order valence-electron chi connectivity index (χ3n) is 4.51. The standard InChI is InChI=1S/C22H17N3O6S/c1-29-15-6-3-13(4-7-15)23-22-24-21(26)20(32-22)12-16-8-10-19(31-16)17-11-14(25(27)28)5-9-18(17)30-2/h3-12H,1-2H3,(H,23,24,26)/b20-12-. The average molecular weight is 451 g/mol. The summed E-state index contributed by atoms with van der Waals surface area (Å²) >= 11 is 1.18. The molecule has 32 heavy (non-hydrogen) atoms. The van der Waals surface area contributed by atoms with Crippen molar-refractivity contribution >= 4 is 40.3 Å².